The third-order valence-electron chi connectivity index (χ3n) is 8.52. The molecule has 212 valence electrons. The molecule has 0 aliphatic carbocycles. The second-order valence-electron chi connectivity index (χ2n) is 11.0. The molecule has 0 bridgehead atoms. The maximum atomic E-state index is 12.9. The summed E-state index contributed by atoms with van der Waals surface area (Å²) in [6, 6.07) is 16.8. The zero-order chi connectivity index (χ0) is 27.6. The molecule has 4 aromatic rings. The molecule has 2 aromatic carbocycles. The molecule has 7 rings (SSSR count). The number of benzene rings is 2. The zero-order valence-corrected chi connectivity index (χ0v) is 23.1. The van der Waals surface area contributed by atoms with Gasteiger partial charge in [0.15, 0.2) is 5.65 Å². The third kappa shape index (κ3) is 5.38. The Bertz CT molecular complexity index is 1520. The molecule has 1 amide bonds. The van der Waals surface area contributed by atoms with E-state index in [1.54, 1.807) is 0 Å². The monoisotopic (exact) mass is 553 g/mol. The Hall–Kier alpha value is -3.63. The van der Waals surface area contributed by atoms with Gasteiger partial charge in [-0.05, 0) is 59.7 Å². The first kappa shape index (κ1) is 26.3. The number of ether oxygens (including phenoxy) is 3. The first-order chi connectivity index (χ1) is 20.2. The molecular weight excluding hydrogens is 518 g/mol. The highest BCUT2D eigenvalue weighted by Crippen LogP contribution is 2.36. The summed E-state index contributed by atoms with van der Waals surface area (Å²) in [6.45, 7) is 6.30. The third-order valence-corrected chi connectivity index (χ3v) is 8.52. The number of fused-ring (bicyclic) bond motifs is 1. The summed E-state index contributed by atoms with van der Waals surface area (Å²) in [5.74, 6) is 0.532. The average molecular weight is 554 g/mol. The molecule has 0 radical (unpaired) electrons. The highest BCUT2D eigenvalue weighted by molar-refractivity contribution is 5.97. The van der Waals surface area contributed by atoms with Crippen molar-refractivity contribution in [3.05, 3.63) is 71.4 Å². The van der Waals surface area contributed by atoms with Gasteiger partial charge >= 0.3 is 0 Å². The smallest absolute Gasteiger partial charge is 0.254 e. The van der Waals surface area contributed by atoms with Crippen molar-refractivity contribution in [2.75, 3.05) is 59.3 Å². The van der Waals surface area contributed by atoms with E-state index in [-0.39, 0.29) is 11.9 Å². The minimum Gasteiger partial charge on any atom is -0.381 e. The minimum absolute atomic E-state index is 0.0461. The van der Waals surface area contributed by atoms with Crippen molar-refractivity contribution in [3.8, 4) is 22.4 Å². The minimum atomic E-state index is 0.0461. The molecule has 2 N–H and O–H groups in total. The van der Waals surface area contributed by atoms with Crippen LogP contribution in [0.2, 0.25) is 0 Å². The second-order valence-corrected chi connectivity index (χ2v) is 11.0. The van der Waals surface area contributed by atoms with E-state index in [9.17, 15) is 4.79 Å². The normalized spacial score (nSPS) is 20.4. The lowest BCUT2D eigenvalue weighted by Crippen LogP contribution is -2.40. The van der Waals surface area contributed by atoms with Gasteiger partial charge in [-0.1, -0.05) is 24.3 Å². The molecule has 3 fully saturated rings. The molecule has 2 aromatic heterocycles. The van der Waals surface area contributed by atoms with Crippen molar-refractivity contribution in [1.82, 2.24) is 25.4 Å². The van der Waals surface area contributed by atoms with Gasteiger partial charge in [-0.2, -0.15) is 0 Å². The number of morpholine rings is 2. The number of aromatic amines is 1. The molecule has 0 spiro atoms. The molecule has 1 unspecified atom stereocenters. The summed E-state index contributed by atoms with van der Waals surface area (Å²) in [6.07, 6.45) is 4.04. The van der Waals surface area contributed by atoms with Crippen molar-refractivity contribution >= 4 is 16.9 Å². The van der Waals surface area contributed by atoms with Crippen LogP contribution in [0, 0.1) is 0 Å². The fourth-order valence-corrected chi connectivity index (χ4v) is 6.22. The second kappa shape index (κ2) is 11.7. The number of nitrogens with zero attached hydrogens (tertiary/aromatic N) is 3. The van der Waals surface area contributed by atoms with Gasteiger partial charge in [0.25, 0.3) is 5.91 Å². The molecule has 3 saturated heterocycles. The Morgan fingerprint density at radius 3 is 2.39 bits per heavy atom. The summed E-state index contributed by atoms with van der Waals surface area (Å²) >= 11 is 0. The lowest BCUT2D eigenvalue weighted by molar-refractivity contribution is 0.0303. The van der Waals surface area contributed by atoms with E-state index in [4.69, 9.17) is 14.2 Å². The van der Waals surface area contributed by atoms with E-state index in [0.29, 0.717) is 44.4 Å². The van der Waals surface area contributed by atoms with Crippen LogP contribution in [-0.2, 0) is 14.2 Å². The number of carbonyl (C=O) groups is 1. The number of rotatable bonds is 5. The highest BCUT2D eigenvalue weighted by Gasteiger charge is 2.25. The van der Waals surface area contributed by atoms with Gasteiger partial charge in [-0.3, -0.25) is 4.79 Å². The maximum Gasteiger partial charge on any atom is 0.254 e. The van der Waals surface area contributed by atoms with Gasteiger partial charge in [-0.25, -0.2) is 0 Å². The van der Waals surface area contributed by atoms with E-state index in [1.165, 1.54) is 11.1 Å². The number of H-pyrrole nitrogens is 1. The van der Waals surface area contributed by atoms with Crippen LogP contribution >= 0.6 is 0 Å². The van der Waals surface area contributed by atoms with Crippen molar-refractivity contribution in [2.24, 2.45) is 0 Å². The first-order valence-electron chi connectivity index (χ1n) is 14.6. The van der Waals surface area contributed by atoms with Crippen molar-refractivity contribution in [1.29, 1.82) is 0 Å². The van der Waals surface area contributed by atoms with Gasteiger partial charge in [0.1, 0.15) is 0 Å². The number of aromatic nitrogens is 3. The molecule has 9 nitrogen and oxygen atoms in total. The van der Waals surface area contributed by atoms with Gasteiger partial charge < -0.3 is 29.4 Å². The maximum absolute atomic E-state index is 12.9. The Balaban J connectivity index is 1.20. The predicted octanol–water partition coefficient (Wildman–Crippen LogP) is 4.32. The van der Waals surface area contributed by atoms with Crippen LogP contribution in [0.25, 0.3) is 33.4 Å². The van der Waals surface area contributed by atoms with Crippen LogP contribution in [0.3, 0.4) is 0 Å². The van der Waals surface area contributed by atoms with Crippen molar-refractivity contribution in [3.63, 3.8) is 0 Å². The fourth-order valence-electron chi connectivity index (χ4n) is 6.22. The Labute approximate surface area is 239 Å². The van der Waals surface area contributed by atoms with Crippen LogP contribution in [-0.4, -0.2) is 85.3 Å². The highest BCUT2D eigenvalue weighted by atomic mass is 16.5. The molecule has 1 atom stereocenters. The number of amides is 1. The van der Waals surface area contributed by atoms with Crippen molar-refractivity contribution < 1.29 is 19.0 Å². The first-order valence-corrected chi connectivity index (χ1v) is 14.6. The van der Waals surface area contributed by atoms with E-state index in [2.05, 4.69) is 44.8 Å². The lowest BCUT2D eigenvalue weighted by atomic mass is 9.84. The number of nitrogens with one attached hydrogen (secondary N) is 2. The lowest BCUT2D eigenvalue weighted by Gasteiger charge is -2.30. The van der Waals surface area contributed by atoms with Crippen LogP contribution in [0.1, 0.15) is 46.3 Å². The SMILES string of the molecule is O=C(c1ccc(-c2c[nH]c3nnc(-c4ccc(C5CCOCC5)c(C5COCCN5)c4)cc23)cc1)N1CCOCC1. The predicted molar refractivity (Wildman–Crippen MR) is 156 cm³/mol. The van der Waals surface area contributed by atoms with E-state index >= 15 is 0 Å². The van der Waals surface area contributed by atoms with Crippen molar-refractivity contribution in [2.45, 2.75) is 24.8 Å². The topological polar surface area (TPSA) is 102 Å². The van der Waals surface area contributed by atoms with E-state index < -0.39 is 0 Å². The average Bonchev–Trinajstić information content (AvgIpc) is 3.49. The molecular formula is C32H35N5O4. The van der Waals surface area contributed by atoms with Crippen LogP contribution in [0.5, 0.6) is 0 Å². The molecule has 9 heteroatoms. The summed E-state index contributed by atoms with van der Waals surface area (Å²) in [7, 11) is 0. The van der Waals surface area contributed by atoms with Crippen LogP contribution < -0.4 is 5.32 Å². The van der Waals surface area contributed by atoms with Crippen LogP contribution in [0.4, 0.5) is 0 Å². The van der Waals surface area contributed by atoms with Gasteiger partial charge in [0.05, 0.1) is 38.2 Å². The number of hydrogen-bond donors (Lipinski definition) is 2. The van der Waals surface area contributed by atoms with E-state index in [0.717, 1.165) is 72.6 Å². The van der Waals surface area contributed by atoms with E-state index in [1.807, 2.05) is 35.4 Å². The van der Waals surface area contributed by atoms with Crippen LogP contribution in [0.15, 0.2) is 54.7 Å². The molecule has 5 heterocycles. The summed E-state index contributed by atoms with van der Waals surface area (Å²) in [4.78, 5) is 18.0. The molecule has 41 heavy (non-hydrogen) atoms. The van der Waals surface area contributed by atoms with Gasteiger partial charge in [0, 0.05) is 61.1 Å². The van der Waals surface area contributed by atoms with Gasteiger partial charge in [0.2, 0.25) is 0 Å². The number of carbonyl (C=O) groups excluding carboxylic acids is 1. The Morgan fingerprint density at radius 1 is 0.829 bits per heavy atom. The molecule has 3 aliphatic rings. The standard InChI is InChI=1S/C32H35N5O4/c38-32(37-10-15-40-16-11-37)23-3-1-21(2-4-23)28-19-34-31-27(28)18-29(35-36-31)24-5-6-25(22-7-12-39-13-8-22)26(17-24)30-20-41-14-9-33-30/h1-6,17-19,22,30,33H,7-16,20H2,(H,34,36). The Morgan fingerprint density at radius 2 is 1.61 bits per heavy atom. The fraction of sp³-hybridized carbons (Fsp3) is 0.406. The molecule has 0 saturated carbocycles. The molecule has 3 aliphatic heterocycles. The summed E-state index contributed by atoms with van der Waals surface area (Å²) in [5.41, 5.74) is 8.00. The summed E-state index contributed by atoms with van der Waals surface area (Å²) < 4.78 is 16.9. The largest absolute Gasteiger partial charge is 0.381 e. The zero-order valence-electron chi connectivity index (χ0n) is 23.1. The number of hydrogen-bond acceptors (Lipinski definition) is 7. The summed E-state index contributed by atoms with van der Waals surface area (Å²) in [5, 5.41) is 13.8. The quantitative estimate of drug-likeness (QED) is 0.380. The van der Waals surface area contributed by atoms with Gasteiger partial charge in [-0.15, -0.1) is 10.2 Å². The Kier molecular flexibility index (Phi) is 7.50.